The van der Waals surface area contributed by atoms with Crippen molar-refractivity contribution in [3.63, 3.8) is 0 Å². The van der Waals surface area contributed by atoms with E-state index in [1.165, 1.54) is 10.6 Å². The highest BCUT2D eigenvalue weighted by atomic mass is 19.4. The molecule has 1 aromatic carbocycles. The van der Waals surface area contributed by atoms with Gasteiger partial charge in [0.15, 0.2) is 0 Å². The van der Waals surface area contributed by atoms with Crippen molar-refractivity contribution >= 4 is 17.5 Å². The average Bonchev–Trinajstić information content (AvgIpc) is 3.23. The maximum Gasteiger partial charge on any atom is 0.419 e. The zero-order valence-electron chi connectivity index (χ0n) is 13.6. The fourth-order valence-electron chi connectivity index (χ4n) is 3.49. The van der Waals surface area contributed by atoms with Crippen LogP contribution in [-0.2, 0) is 11.6 Å². The number of aromatic nitrogens is 4. The van der Waals surface area contributed by atoms with Gasteiger partial charge < -0.3 is 11.5 Å². The van der Waals surface area contributed by atoms with Gasteiger partial charge in [-0.25, -0.2) is 9.37 Å². The van der Waals surface area contributed by atoms with Gasteiger partial charge >= 0.3 is 6.18 Å². The second-order valence-electron chi connectivity index (χ2n) is 6.41. The first kappa shape index (κ1) is 16.6. The highest BCUT2D eigenvalue weighted by molar-refractivity contribution is 5.60. The van der Waals surface area contributed by atoms with Crippen LogP contribution >= 0.6 is 0 Å². The molecule has 2 aromatic heterocycles. The van der Waals surface area contributed by atoms with E-state index in [9.17, 15) is 17.6 Å². The highest BCUT2D eigenvalue weighted by Crippen LogP contribution is 2.56. The zero-order valence-corrected chi connectivity index (χ0v) is 13.6. The molecule has 4 rings (SSSR count). The van der Waals surface area contributed by atoms with E-state index in [1.54, 1.807) is 6.92 Å². The topological polar surface area (TPSA) is 95.1 Å². The van der Waals surface area contributed by atoms with Crippen molar-refractivity contribution in [3.05, 3.63) is 46.4 Å². The molecule has 6 nitrogen and oxygen atoms in total. The van der Waals surface area contributed by atoms with E-state index in [1.807, 2.05) is 0 Å². The molecule has 3 aromatic rings. The Morgan fingerprint density at radius 3 is 2.42 bits per heavy atom. The van der Waals surface area contributed by atoms with Gasteiger partial charge in [0.25, 0.3) is 5.78 Å². The van der Waals surface area contributed by atoms with Gasteiger partial charge in [-0.05, 0) is 37.5 Å². The fourth-order valence-corrected chi connectivity index (χ4v) is 3.49. The highest BCUT2D eigenvalue weighted by Gasteiger charge is 2.50. The summed E-state index contributed by atoms with van der Waals surface area (Å²) in [6.45, 7) is 1.72. The average molecular weight is 366 g/mol. The summed E-state index contributed by atoms with van der Waals surface area (Å²) in [7, 11) is 0. The predicted molar refractivity (Wildman–Crippen MR) is 85.8 cm³/mol. The normalized spacial score (nSPS) is 16.2. The summed E-state index contributed by atoms with van der Waals surface area (Å²) in [6, 6.07) is 2.97. The van der Waals surface area contributed by atoms with Crippen LogP contribution in [0.25, 0.3) is 5.78 Å². The lowest BCUT2D eigenvalue weighted by Gasteiger charge is -2.21. The minimum Gasteiger partial charge on any atom is -0.383 e. The van der Waals surface area contributed by atoms with Gasteiger partial charge in [0.1, 0.15) is 11.6 Å². The minimum atomic E-state index is -4.74. The smallest absolute Gasteiger partial charge is 0.383 e. The number of halogens is 4. The number of nitrogens with two attached hydrogens (primary N) is 2. The first-order valence-corrected chi connectivity index (χ1v) is 7.79. The molecule has 26 heavy (non-hydrogen) atoms. The number of alkyl halides is 3. The minimum absolute atomic E-state index is 0.00571. The number of aryl methyl sites for hydroxylation is 1. The number of anilines is 2. The summed E-state index contributed by atoms with van der Waals surface area (Å²) in [5.41, 5.74) is 11.4. The lowest BCUT2D eigenvalue weighted by molar-refractivity contribution is -0.140. The molecule has 0 amide bonds. The first-order chi connectivity index (χ1) is 12.1. The van der Waals surface area contributed by atoms with Gasteiger partial charge in [0.2, 0.25) is 5.95 Å². The Bertz CT molecular complexity index is 1040. The Labute approximate surface area is 144 Å². The van der Waals surface area contributed by atoms with Gasteiger partial charge in [0, 0.05) is 16.7 Å². The summed E-state index contributed by atoms with van der Waals surface area (Å²) in [5.74, 6) is -0.826. The lowest BCUT2D eigenvalue weighted by atomic mass is 9.86. The fraction of sp³-hybridized carbons (Fsp3) is 0.312. The van der Waals surface area contributed by atoms with E-state index in [-0.39, 0.29) is 17.5 Å². The second-order valence-corrected chi connectivity index (χ2v) is 6.41. The van der Waals surface area contributed by atoms with E-state index in [0.29, 0.717) is 29.7 Å². The molecule has 0 atom stereocenters. The summed E-state index contributed by atoms with van der Waals surface area (Å²) in [4.78, 5) is 8.28. The number of benzene rings is 1. The van der Waals surface area contributed by atoms with Gasteiger partial charge in [0.05, 0.1) is 5.56 Å². The monoisotopic (exact) mass is 366 g/mol. The van der Waals surface area contributed by atoms with Gasteiger partial charge in [-0.15, -0.1) is 5.10 Å². The largest absolute Gasteiger partial charge is 0.419 e. The van der Waals surface area contributed by atoms with Crippen LogP contribution in [0.4, 0.5) is 29.3 Å². The van der Waals surface area contributed by atoms with Crippen LogP contribution in [0.2, 0.25) is 0 Å². The summed E-state index contributed by atoms with van der Waals surface area (Å²) in [5, 5.41) is 3.99. The molecule has 1 saturated carbocycles. The number of rotatable bonds is 2. The number of fused-ring (bicyclic) bond motifs is 1. The molecule has 136 valence electrons. The quantitative estimate of drug-likeness (QED) is 0.680. The third kappa shape index (κ3) is 2.28. The Balaban J connectivity index is 1.88. The molecule has 2 heterocycles. The molecule has 0 radical (unpaired) electrons. The van der Waals surface area contributed by atoms with Crippen LogP contribution in [0.5, 0.6) is 0 Å². The summed E-state index contributed by atoms with van der Waals surface area (Å²) < 4.78 is 53.8. The van der Waals surface area contributed by atoms with Crippen molar-refractivity contribution in [2.45, 2.75) is 31.4 Å². The Kier molecular flexibility index (Phi) is 3.22. The Morgan fingerprint density at radius 1 is 1.15 bits per heavy atom. The number of hydrogen-bond acceptors (Lipinski definition) is 5. The van der Waals surface area contributed by atoms with E-state index in [0.717, 1.165) is 12.1 Å². The van der Waals surface area contributed by atoms with E-state index in [2.05, 4.69) is 15.1 Å². The summed E-state index contributed by atoms with van der Waals surface area (Å²) in [6.07, 6.45) is -3.52. The van der Waals surface area contributed by atoms with E-state index < -0.39 is 23.0 Å². The van der Waals surface area contributed by atoms with E-state index >= 15 is 0 Å². The number of nitrogens with zero attached hydrogens (tertiary/aromatic N) is 4. The van der Waals surface area contributed by atoms with E-state index in [4.69, 9.17) is 11.5 Å². The molecule has 1 fully saturated rings. The SMILES string of the molecule is Cc1nc2nc(N)nn2c(N)c1C1(c2ccc(C(F)(F)F)c(F)c2)CC1. The standard InChI is InChI=1S/C16H14F4N6/c1-7-11(12(21)26-14(23-7)24-13(22)25-26)15(4-5-15)8-2-3-9(10(17)6-8)16(18,19)20/h2-3,6H,4-5,21H2,1H3,(H2,22,25). The maximum atomic E-state index is 14.1. The van der Waals surface area contributed by atoms with Crippen molar-refractivity contribution in [2.24, 2.45) is 0 Å². The zero-order chi connectivity index (χ0) is 18.9. The molecule has 0 bridgehead atoms. The molecule has 0 aliphatic heterocycles. The Morgan fingerprint density at radius 2 is 1.85 bits per heavy atom. The molecule has 0 spiro atoms. The van der Waals surface area contributed by atoms with Crippen molar-refractivity contribution < 1.29 is 17.6 Å². The first-order valence-electron chi connectivity index (χ1n) is 7.79. The van der Waals surface area contributed by atoms with Crippen molar-refractivity contribution in [1.29, 1.82) is 0 Å². The molecular weight excluding hydrogens is 352 g/mol. The van der Waals surface area contributed by atoms with Crippen molar-refractivity contribution in [1.82, 2.24) is 19.6 Å². The van der Waals surface area contributed by atoms with Gasteiger partial charge in [-0.2, -0.15) is 22.7 Å². The van der Waals surface area contributed by atoms with Crippen LogP contribution < -0.4 is 11.5 Å². The molecule has 4 N–H and O–H groups in total. The molecule has 10 heteroatoms. The molecule has 0 unspecified atom stereocenters. The number of nitrogen functional groups attached to an aromatic ring is 2. The molecule has 1 aliphatic rings. The third-order valence-corrected chi connectivity index (χ3v) is 4.78. The van der Waals surface area contributed by atoms with Gasteiger partial charge in [-0.1, -0.05) is 6.07 Å². The van der Waals surface area contributed by atoms with Crippen LogP contribution in [0.3, 0.4) is 0 Å². The summed E-state index contributed by atoms with van der Waals surface area (Å²) >= 11 is 0. The second kappa shape index (κ2) is 5.05. The van der Waals surface area contributed by atoms with Crippen molar-refractivity contribution in [2.75, 3.05) is 11.5 Å². The maximum absolute atomic E-state index is 14.1. The number of hydrogen-bond donors (Lipinski definition) is 2. The van der Waals surface area contributed by atoms with Crippen LogP contribution in [0, 0.1) is 12.7 Å². The predicted octanol–water partition coefficient (Wildman–Crippen LogP) is 2.83. The van der Waals surface area contributed by atoms with Crippen LogP contribution in [0.1, 0.15) is 35.2 Å². The molecule has 1 aliphatic carbocycles. The van der Waals surface area contributed by atoms with Crippen LogP contribution in [0.15, 0.2) is 18.2 Å². The van der Waals surface area contributed by atoms with Crippen LogP contribution in [-0.4, -0.2) is 19.6 Å². The van der Waals surface area contributed by atoms with Gasteiger partial charge in [-0.3, -0.25) is 0 Å². The van der Waals surface area contributed by atoms with Crippen molar-refractivity contribution in [3.8, 4) is 0 Å². The molecular formula is C16H14F4N6. The third-order valence-electron chi connectivity index (χ3n) is 4.78. The molecule has 0 saturated heterocycles. The lowest BCUT2D eigenvalue weighted by Crippen LogP contribution is -2.19. The Hall–Kier alpha value is -2.91.